The lowest BCUT2D eigenvalue weighted by Gasteiger charge is -2.35. The first-order chi connectivity index (χ1) is 18.0. The lowest BCUT2D eigenvalue weighted by atomic mass is 10.1. The molecule has 1 heterocycles. The van der Waals surface area contributed by atoms with E-state index in [1.165, 1.54) is 36.2 Å². The van der Waals surface area contributed by atoms with Crippen LogP contribution in [0.25, 0.3) is 4.85 Å². The van der Waals surface area contributed by atoms with Gasteiger partial charge < -0.3 is 29.7 Å². The molecule has 2 aromatic rings. The monoisotopic (exact) mass is 522 g/mol. The van der Waals surface area contributed by atoms with Crippen molar-refractivity contribution in [3.05, 3.63) is 65.0 Å². The summed E-state index contributed by atoms with van der Waals surface area (Å²) in [6, 6.07) is 10.7. The summed E-state index contributed by atoms with van der Waals surface area (Å²) in [5.41, 5.74) is 1.87. The molecule has 12 nitrogen and oxygen atoms in total. The lowest BCUT2D eigenvalue weighted by molar-refractivity contribution is -0.167. The molecule has 0 radical (unpaired) electrons. The highest BCUT2D eigenvalue weighted by atomic mass is 16.6. The number of nitrogens with zero attached hydrogens (tertiary/aromatic N) is 3. The van der Waals surface area contributed by atoms with E-state index in [2.05, 4.69) is 10.2 Å². The van der Waals surface area contributed by atoms with Crippen molar-refractivity contribution in [3.63, 3.8) is 0 Å². The van der Waals surface area contributed by atoms with Crippen LogP contribution in [0.15, 0.2) is 42.5 Å². The molecule has 0 aromatic heterocycles. The molecule has 3 rings (SSSR count). The number of anilines is 2. The van der Waals surface area contributed by atoms with Crippen molar-refractivity contribution in [2.75, 3.05) is 37.0 Å². The number of benzene rings is 2. The SMILES string of the molecule is [C-]#[N+]c1ccc(NC(=O)[C@H](OC(C)=O)[C@H]2OCCN(c3cccc(C(=O)N(C)CC(=O)O)c3)C2=O)cc1C. The maximum atomic E-state index is 13.4. The topological polar surface area (TPSA) is 147 Å². The van der Waals surface area contributed by atoms with E-state index in [1.807, 2.05) is 0 Å². The number of esters is 1. The first kappa shape index (κ1) is 27.8. The Balaban J connectivity index is 1.84. The fraction of sp³-hybridized carbons (Fsp3) is 0.308. The molecule has 1 aliphatic heterocycles. The standard InChI is InChI=1S/C26H26N4O8/c1-15-12-18(8-9-20(15)27-3)28-24(34)22(38-16(2)31)23-26(36)30(10-11-37-23)19-7-5-6-17(13-19)25(35)29(4)14-21(32)33/h5-9,12-13,22-23H,10-11,14H2,1-2,4H3,(H,28,34)(H,32,33)/t22-,23-/m1/s1. The van der Waals surface area contributed by atoms with Crippen molar-refractivity contribution in [3.8, 4) is 0 Å². The van der Waals surface area contributed by atoms with E-state index in [4.69, 9.17) is 21.2 Å². The van der Waals surface area contributed by atoms with Crippen molar-refractivity contribution < 1.29 is 38.6 Å². The number of nitrogens with one attached hydrogen (secondary N) is 1. The number of likely N-dealkylation sites (N-methyl/N-ethyl adjacent to an activating group) is 1. The Bertz CT molecular complexity index is 1320. The number of hydrogen-bond acceptors (Lipinski definition) is 7. The molecule has 0 unspecified atom stereocenters. The van der Waals surface area contributed by atoms with E-state index in [9.17, 15) is 24.0 Å². The van der Waals surface area contributed by atoms with Gasteiger partial charge in [0.1, 0.15) is 6.54 Å². The molecule has 1 fully saturated rings. The van der Waals surface area contributed by atoms with Crippen LogP contribution in [0.4, 0.5) is 17.1 Å². The quantitative estimate of drug-likeness (QED) is 0.395. The third kappa shape index (κ3) is 6.51. The van der Waals surface area contributed by atoms with Crippen molar-refractivity contribution in [2.24, 2.45) is 0 Å². The lowest BCUT2D eigenvalue weighted by Crippen LogP contribution is -2.56. The first-order valence-electron chi connectivity index (χ1n) is 11.5. The van der Waals surface area contributed by atoms with Gasteiger partial charge in [0.15, 0.2) is 11.8 Å². The fourth-order valence-corrected chi connectivity index (χ4v) is 3.88. The van der Waals surface area contributed by atoms with Gasteiger partial charge in [0.25, 0.3) is 17.7 Å². The maximum absolute atomic E-state index is 13.4. The number of carbonyl (C=O) groups excluding carboxylic acids is 4. The summed E-state index contributed by atoms with van der Waals surface area (Å²) in [5, 5.41) is 11.5. The van der Waals surface area contributed by atoms with Crippen LogP contribution in [0.2, 0.25) is 0 Å². The molecule has 12 heteroatoms. The Morgan fingerprint density at radius 3 is 2.63 bits per heavy atom. The minimum Gasteiger partial charge on any atom is -0.480 e. The van der Waals surface area contributed by atoms with Gasteiger partial charge in [0.05, 0.1) is 13.2 Å². The molecule has 0 bridgehead atoms. The van der Waals surface area contributed by atoms with E-state index < -0.39 is 48.4 Å². The number of aliphatic carboxylic acids is 1. The number of carboxylic acids is 1. The van der Waals surface area contributed by atoms with Gasteiger partial charge in [0, 0.05) is 37.5 Å². The van der Waals surface area contributed by atoms with E-state index >= 15 is 0 Å². The van der Waals surface area contributed by atoms with Crippen molar-refractivity contribution in [2.45, 2.75) is 26.1 Å². The van der Waals surface area contributed by atoms with Crippen LogP contribution in [0, 0.1) is 13.5 Å². The van der Waals surface area contributed by atoms with E-state index in [1.54, 1.807) is 25.1 Å². The second kappa shape index (κ2) is 12.0. The summed E-state index contributed by atoms with van der Waals surface area (Å²) in [6.45, 7) is 9.57. The van der Waals surface area contributed by atoms with Crippen LogP contribution in [-0.2, 0) is 28.7 Å². The van der Waals surface area contributed by atoms with E-state index in [0.29, 0.717) is 22.6 Å². The van der Waals surface area contributed by atoms with Crippen LogP contribution >= 0.6 is 0 Å². The van der Waals surface area contributed by atoms with Crippen molar-refractivity contribution in [1.82, 2.24) is 4.90 Å². The van der Waals surface area contributed by atoms with Crippen LogP contribution in [0.3, 0.4) is 0 Å². The van der Waals surface area contributed by atoms with Crippen LogP contribution < -0.4 is 10.2 Å². The maximum Gasteiger partial charge on any atom is 0.323 e. The minimum atomic E-state index is -1.62. The number of morpholine rings is 1. The minimum absolute atomic E-state index is 0.0113. The predicted octanol–water partition coefficient (Wildman–Crippen LogP) is 2.00. The highest BCUT2D eigenvalue weighted by molar-refractivity contribution is 6.05. The zero-order valence-electron chi connectivity index (χ0n) is 21.0. The number of ether oxygens (including phenoxy) is 2. The van der Waals surface area contributed by atoms with Gasteiger partial charge in [-0.2, -0.15) is 0 Å². The number of carboxylic acid groups (broad SMARTS) is 1. The highest BCUT2D eigenvalue weighted by Crippen LogP contribution is 2.25. The van der Waals surface area contributed by atoms with Gasteiger partial charge in [-0.15, -0.1) is 0 Å². The summed E-state index contributed by atoms with van der Waals surface area (Å²) in [6.07, 6.45) is -3.08. The zero-order chi connectivity index (χ0) is 28.0. The van der Waals surface area contributed by atoms with E-state index in [0.717, 1.165) is 11.8 Å². The summed E-state index contributed by atoms with van der Waals surface area (Å²) in [7, 11) is 1.35. The van der Waals surface area contributed by atoms with Gasteiger partial charge in [-0.25, -0.2) is 4.85 Å². The average Bonchev–Trinajstić information content (AvgIpc) is 2.86. The number of carbonyl (C=O) groups is 5. The molecule has 2 aromatic carbocycles. The molecule has 0 spiro atoms. The summed E-state index contributed by atoms with van der Waals surface area (Å²) >= 11 is 0. The molecule has 1 saturated heterocycles. The number of hydrogen-bond donors (Lipinski definition) is 2. The van der Waals surface area contributed by atoms with Crippen molar-refractivity contribution in [1.29, 1.82) is 0 Å². The molecule has 1 aliphatic rings. The predicted molar refractivity (Wildman–Crippen MR) is 135 cm³/mol. The molecule has 38 heavy (non-hydrogen) atoms. The Morgan fingerprint density at radius 1 is 1.26 bits per heavy atom. The Morgan fingerprint density at radius 2 is 2.00 bits per heavy atom. The molecule has 3 amide bonds. The van der Waals surface area contributed by atoms with Crippen LogP contribution in [-0.4, -0.2) is 78.6 Å². The third-order valence-electron chi connectivity index (χ3n) is 5.66. The highest BCUT2D eigenvalue weighted by Gasteiger charge is 2.42. The Labute approximate surface area is 218 Å². The van der Waals surface area contributed by atoms with Gasteiger partial charge >= 0.3 is 11.9 Å². The Hall–Kier alpha value is -4.76. The summed E-state index contributed by atoms with van der Waals surface area (Å²) < 4.78 is 10.8. The van der Waals surface area contributed by atoms with Crippen LogP contribution in [0.1, 0.15) is 22.8 Å². The second-order valence-electron chi connectivity index (χ2n) is 8.52. The summed E-state index contributed by atoms with van der Waals surface area (Å²) in [4.78, 5) is 67.6. The van der Waals surface area contributed by atoms with Crippen LogP contribution in [0.5, 0.6) is 0 Å². The number of aryl methyl sites for hydroxylation is 1. The number of rotatable bonds is 8. The molecule has 2 N–H and O–H groups in total. The summed E-state index contributed by atoms with van der Waals surface area (Å²) in [5.74, 6) is -3.98. The van der Waals surface area contributed by atoms with Gasteiger partial charge in [0.2, 0.25) is 6.10 Å². The largest absolute Gasteiger partial charge is 0.480 e. The van der Waals surface area contributed by atoms with E-state index in [-0.39, 0.29) is 18.7 Å². The van der Waals surface area contributed by atoms with Gasteiger partial charge in [-0.3, -0.25) is 24.0 Å². The second-order valence-corrected chi connectivity index (χ2v) is 8.52. The molecule has 2 atom stereocenters. The molecular weight excluding hydrogens is 496 g/mol. The fourth-order valence-electron chi connectivity index (χ4n) is 3.88. The molecule has 0 saturated carbocycles. The van der Waals surface area contributed by atoms with Crippen molar-refractivity contribution >= 4 is 46.7 Å². The zero-order valence-corrected chi connectivity index (χ0v) is 21.0. The molecule has 0 aliphatic carbocycles. The normalized spacial score (nSPS) is 15.7. The number of amides is 3. The molecule has 198 valence electrons. The smallest absolute Gasteiger partial charge is 0.323 e. The first-order valence-corrected chi connectivity index (χ1v) is 11.5. The van der Waals surface area contributed by atoms with Gasteiger partial charge in [-0.1, -0.05) is 12.1 Å². The molecular formula is C26H26N4O8. The third-order valence-corrected chi connectivity index (χ3v) is 5.66. The average molecular weight is 523 g/mol. The Kier molecular flexibility index (Phi) is 8.77. The van der Waals surface area contributed by atoms with Gasteiger partial charge in [-0.05, 0) is 42.8 Å².